The highest BCUT2D eigenvalue weighted by Crippen LogP contribution is 2.27. The van der Waals surface area contributed by atoms with Crippen LogP contribution in [0.1, 0.15) is 20.3 Å². The zero-order valence-electron chi connectivity index (χ0n) is 10.9. The topological polar surface area (TPSA) is 15.7 Å². The Bertz CT molecular complexity index is 184. The van der Waals surface area contributed by atoms with Crippen molar-refractivity contribution in [1.29, 1.82) is 0 Å². The van der Waals surface area contributed by atoms with Gasteiger partial charge in [-0.25, -0.2) is 0 Å². The van der Waals surface area contributed by atoms with Gasteiger partial charge >= 0.3 is 0 Å². The van der Waals surface area contributed by atoms with Crippen LogP contribution >= 0.6 is 0 Å². The summed E-state index contributed by atoms with van der Waals surface area (Å²) in [6.45, 7) is 7.41. The van der Waals surface area contributed by atoms with E-state index in [0.717, 1.165) is 19.8 Å². The summed E-state index contributed by atoms with van der Waals surface area (Å²) in [5.74, 6) is 0.715. The van der Waals surface area contributed by atoms with Gasteiger partial charge in [-0.1, -0.05) is 0 Å². The van der Waals surface area contributed by atoms with E-state index in [1.165, 1.54) is 6.42 Å². The van der Waals surface area contributed by atoms with E-state index in [9.17, 15) is 0 Å². The molecule has 1 fully saturated rings. The van der Waals surface area contributed by atoms with Gasteiger partial charge < -0.3 is 14.5 Å². The highest BCUT2D eigenvalue weighted by Gasteiger charge is 2.33. The predicted octanol–water partition coefficient (Wildman–Crippen LogP) is 1.29. The van der Waals surface area contributed by atoms with Crippen LogP contribution in [0.25, 0.3) is 0 Å². The fraction of sp³-hybridized carbons (Fsp3) is 1.00. The number of hydrogen-bond acceptors (Lipinski definition) is 3. The Morgan fingerprint density at radius 2 is 2.00 bits per heavy atom. The molecule has 0 radical (unpaired) electrons. The van der Waals surface area contributed by atoms with Crippen LogP contribution in [0.15, 0.2) is 0 Å². The van der Waals surface area contributed by atoms with Crippen LogP contribution in [0.5, 0.6) is 0 Å². The summed E-state index contributed by atoms with van der Waals surface area (Å²) < 4.78 is 5.73. The second-order valence-corrected chi connectivity index (χ2v) is 5.13. The zero-order valence-corrected chi connectivity index (χ0v) is 10.9. The van der Waals surface area contributed by atoms with Gasteiger partial charge in [-0.15, -0.1) is 0 Å². The van der Waals surface area contributed by atoms with E-state index < -0.39 is 0 Å². The van der Waals surface area contributed by atoms with Crippen LogP contribution in [-0.2, 0) is 4.74 Å². The minimum Gasteiger partial charge on any atom is -0.380 e. The van der Waals surface area contributed by atoms with Gasteiger partial charge in [-0.2, -0.15) is 0 Å². The van der Waals surface area contributed by atoms with Crippen molar-refractivity contribution in [2.75, 3.05) is 40.9 Å². The van der Waals surface area contributed by atoms with Gasteiger partial charge in [0.15, 0.2) is 0 Å². The molecule has 1 rings (SSSR count). The maximum Gasteiger partial charge on any atom is 0.0593 e. The number of likely N-dealkylation sites (tertiary alicyclic amines) is 1. The summed E-state index contributed by atoms with van der Waals surface area (Å²) in [4.78, 5) is 4.62. The lowest BCUT2D eigenvalue weighted by molar-refractivity contribution is 0.0782. The van der Waals surface area contributed by atoms with E-state index in [4.69, 9.17) is 4.74 Å². The van der Waals surface area contributed by atoms with Gasteiger partial charge in [0.1, 0.15) is 0 Å². The van der Waals surface area contributed by atoms with Crippen LogP contribution in [-0.4, -0.2) is 62.8 Å². The van der Waals surface area contributed by atoms with Gasteiger partial charge in [0, 0.05) is 18.6 Å². The highest BCUT2D eigenvalue weighted by atomic mass is 16.5. The molecule has 15 heavy (non-hydrogen) atoms. The molecular weight excluding hydrogens is 188 g/mol. The molecule has 2 unspecified atom stereocenters. The van der Waals surface area contributed by atoms with Gasteiger partial charge in [0.25, 0.3) is 0 Å². The van der Waals surface area contributed by atoms with Crippen molar-refractivity contribution >= 4 is 0 Å². The minimum absolute atomic E-state index is 0.666. The summed E-state index contributed by atoms with van der Waals surface area (Å²) >= 11 is 0. The normalized spacial score (nSPS) is 32.8. The average molecular weight is 214 g/mol. The zero-order chi connectivity index (χ0) is 11.4. The first-order valence-electron chi connectivity index (χ1n) is 5.96. The average Bonchev–Trinajstić information content (AvgIpc) is 2.41. The van der Waals surface area contributed by atoms with Gasteiger partial charge in [-0.3, -0.25) is 0 Å². The number of nitrogens with zero attached hydrogens (tertiary/aromatic N) is 2. The lowest BCUT2D eigenvalue weighted by Crippen LogP contribution is -2.31. The van der Waals surface area contributed by atoms with Crippen molar-refractivity contribution in [1.82, 2.24) is 9.80 Å². The Morgan fingerprint density at radius 3 is 2.47 bits per heavy atom. The molecule has 1 aliphatic heterocycles. The summed E-state index contributed by atoms with van der Waals surface area (Å²) in [7, 11) is 6.38. The van der Waals surface area contributed by atoms with Crippen LogP contribution in [0.2, 0.25) is 0 Å². The van der Waals surface area contributed by atoms with E-state index in [0.29, 0.717) is 18.0 Å². The van der Waals surface area contributed by atoms with Crippen molar-refractivity contribution in [2.24, 2.45) is 5.92 Å². The molecule has 0 aromatic heterocycles. The molecular formula is C12H26N2O. The summed E-state index contributed by atoms with van der Waals surface area (Å²) in [6, 6.07) is 1.38. The molecule has 3 nitrogen and oxygen atoms in total. The molecule has 3 heteroatoms. The fourth-order valence-corrected chi connectivity index (χ4v) is 2.22. The molecule has 0 aliphatic carbocycles. The standard InChI is InChI=1S/C12H26N2O/c1-10-8-12(11(2)14(10)5)9-15-7-6-13(3)4/h10-12H,6-9H2,1-5H3/t10?,11-,12?/m1/s1. The monoisotopic (exact) mass is 214 g/mol. The maximum absolute atomic E-state index is 5.73. The van der Waals surface area contributed by atoms with Crippen molar-refractivity contribution in [3.05, 3.63) is 0 Å². The Morgan fingerprint density at radius 1 is 1.33 bits per heavy atom. The Labute approximate surface area is 94.4 Å². The molecule has 0 saturated carbocycles. The molecule has 0 spiro atoms. The number of ether oxygens (including phenoxy) is 1. The predicted molar refractivity (Wildman–Crippen MR) is 64.2 cm³/mol. The molecule has 1 aliphatic rings. The van der Waals surface area contributed by atoms with E-state index in [1.54, 1.807) is 0 Å². The summed E-state index contributed by atoms with van der Waals surface area (Å²) in [5.41, 5.74) is 0. The lowest BCUT2D eigenvalue weighted by atomic mass is 10.0. The molecule has 0 aromatic carbocycles. The molecule has 0 amide bonds. The van der Waals surface area contributed by atoms with E-state index >= 15 is 0 Å². The molecule has 0 aromatic rings. The summed E-state index contributed by atoms with van der Waals surface area (Å²) in [6.07, 6.45) is 1.28. The molecule has 3 atom stereocenters. The SMILES string of the molecule is CC1CC(COCCN(C)C)[C@@H](C)N1C. The first-order valence-corrected chi connectivity index (χ1v) is 5.96. The molecule has 0 bridgehead atoms. The number of likely N-dealkylation sites (N-methyl/N-ethyl adjacent to an activating group) is 1. The fourth-order valence-electron chi connectivity index (χ4n) is 2.22. The van der Waals surface area contributed by atoms with Crippen LogP contribution in [0, 0.1) is 5.92 Å². The third-order valence-corrected chi connectivity index (χ3v) is 3.68. The highest BCUT2D eigenvalue weighted by molar-refractivity contribution is 4.87. The van der Waals surface area contributed by atoms with Gasteiger partial charge in [0.05, 0.1) is 13.2 Å². The van der Waals surface area contributed by atoms with E-state index in [2.05, 4.69) is 44.8 Å². The Kier molecular flexibility index (Phi) is 5.03. The molecule has 90 valence electrons. The minimum atomic E-state index is 0.666. The first-order chi connectivity index (χ1) is 7.02. The third-order valence-electron chi connectivity index (χ3n) is 3.68. The lowest BCUT2D eigenvalue weighted by Gasteiger charge is -2.22. The number of hydrogen-bond donors (Lipinski definition) is 0. The quantitative estimate of drug-likeness (QED) is 0.642. The van der Waals surface area contributed by atoms with Crippen molar-refractivity contribution in [3.8, 4) is 0 Å². The van der Waals surface area contributed by atoms with Crippen molar-refractivity contribution in [3.63, 3.8) is 0 Å². The molecule has 1 heterocycles. The van der Waals surface area contributed by atoms with E-state index in [1.807, 2.05) is 0 Å². The van der Waals surface area contributed by atoms with Gasteiger partial charge in [-0.05, 0) is 47.3 Å². The second-order valence-electron chi connectivity index (χ2n) is 5.13. The van der Waals surface area contributed by atoms with Crippen LogP contribution in [0.3, 0.4) is 0 Å². The first kappa shape index (κ1) is 12.9. The smallest absolute Gasteiger partial charge is 0.0593 e. The largest absolute Gasteiger partial charge is 0.380 e. The third kappa shape index (κ3) is 3.74. The Hall–Kier alpha value is -0.120. The second kappa shape index (κ2) is 5.83. The van der Waals surface area contributed by atoms with Crippen LogP contribution in [0.4, 0.5) is 0 Å². The number of rotatable bonds is 5. The molecule has 1 saturated heterocycles. The van der Waals surface area contributed by atoms with Gasteiger partial charge in [0.2, 0.25) is 0 Å². The van der Waals surface area contributed by atoms with Crippen molar-refractivity contribution < 1.29 is 4.74 Å². The summed E-state index contributed by atoms with van der Waals surface area (Å²) in [5, 5.41) is 0. The van der Waals surface area contributed by atoms with Crippen molar-refractivity contribution in [2.45, 2.75) is 32.4 Å². The van der Waals surface area contributed by atoms with E-state index in [-0.39, 0.29) is 0 Å². The molecule has 0 N–H and O–H groups in total. The maximum atomic E-state index is 5.73. The Balaban J connectivity index is 2.17. The van der Waals surface area contributed by atoms with Crippen LogP contribution < -0.4 is 0 Å².